The molecule has 1 fully saturated rings. The molecule has 0 bridgehead atoms. The van der Waals surface area contributed by atoms with E-state index in [0.29, 0.717) is 6.42 Å². The van der Waals surface area contributed by atoms with Crippen molar-refractivity contribution in [1.29, 1.82) is 0 Å². The number of hydrogen-bond donors (Lipinski definition) is 0. The Bertz CT molecular complexity index is 183. The first-order chi connectivity index (χ1) is 5.61. The van der Waals surface area contributed by atoms with Crippen LogP contribution in [0.25, 0.3) is 0 Å². The van der Waals surface area contributed by atoms with Crippen molar-refractivity contribution in [3.05, 3.63) is 0 Å². The average Bonchev–Trinajstić information content (AvgIpc) is 2.04. The summed E-state index contributed by atoms with van der Waals surface area (Å²) in [6, 6.07) is 0. The van der Waals surface area contributed by atoms with Crippen molar-refractivity contribution in [3.8, 4) is 0 Å². The predicted octanol–water partition coefficient (Wildman–Crippen LogP) is 2.32. The van der Waals surface area contributed by atoms with Crippen LogP contribution in [0.5, 0.6) is 0 Å². The highest BCUT2D eigenvalue weighted by molar-refractivity contribution is 6.64. The van der Waals surface area contributed by atoms with Crippen LogP contribution in [0.2, 0.25) is 0 Å². The molecule has 1 aliphatic rings. The van der Waals surface area contributed by atoms with Crippen molar-refractivity contribution >= 4 is 33.7 Å². The van der Waals surface area contributed by atoms with Gasteiger partial charge in [0.05, 0.1) is 0 Å². The number of rotatable bonds is 2. The lowest BCUT2D eigenvalue weighted by atomic mass is 9.83. The summed E-state index contributed by atoms with van der Waals surface area (Å²) < 4.78 is 0. The molecule has 2 nitrogen and oxygen atoms in total. The summed E-state index contributed by atoms with van der Waals surface area (Å²) >= 11 is 10.7. The number of halogens is 2. The highest BCUT2D eigenvalue weighted by atomic mass is 35.5. The largest absolute Gasteiger partial charge is 0.281 e. The quantitative estimate of drug-likeness (QED) is 0.654. The molecule has 0 heterocycles. The minimum atomic E-state index is -0.336. The smallest absolute Gasteiger partial charge is 0.224 e. The second kappa shape index (κ2) is 4.24. The van der Waals surface area contributed by atoms with E-state index in [0.717, 1.165) is 19.3 Å². The van der Waals surface area contributed by atoms with Crippen LogP contribution in [0.15, 0.2) is 0 Å². The van der Waals surface area contributed by atoms with Crippen molar-refractivity contribution in [2.24, 2.45) is 11.8 Å². The average molecular weight is 209 g/mol. The Morgan fingerprint density at radius 3 is 1.75 bits per heavy atom. The normalized spacial score (nSPS) is 29.8. The van der Waals surface area contributed by atoms with E-state index in [2.05, 4.69) is 0 Å². The zero-order chi connectivity index (χ0) is 9.14. The van der Waals surface area contributed by atoms with Crippen LogP contribution in [-0.2, 0) is 9.59 Å². The van der Waals surface area contributed by atoms with E-state index in [1.165, 1.54) is 0 Å². The summed E-state index contributed by atoms with van der Waals surface area (Å²) in [4.78, 5) is 21.6. The molecule has 12 heavy (non-hydrogen) atoms. The number of carbonyl (C=O) groups excluding carboxylic acids is 2. The Hall–Kier alpha value is -0.0800. The van der Waals surface area contributed by atoms with Gasteiger partial charge in [0, 0.05) is 11.8 Å². The minimum absolute atomic E-state index is 0.159. The highest BCUT2D eigenvalue weighted by Gasteiger charge is 2.29. The van der Waals surface area contributed by atoms with Crippen LogP contribution >= 0.6 is 23.2 Å². The second-order valence-corrected chi connectivity index (χ2v) is 3.91. The van der Waals surface area contributed by atoms with Crippen molar-refractivity contribution in [2.75, 3.05) is 0 Å². The molecular formula is C8H10Cl2O2. The lowest BCUT2D eigenvalue weighted by molar-refractivity contribution is -0.119. The summed E-state index contributed by atoms with van der Waals surface area (Å²) in [6.45, 7) is 0. The fourth-order valence-corrected chi connectivity index (χ4v) is 2.00. The van der Waals surface area contributed by atoms with Gasteiger partial charge in [0.2, 0.25) is 10.5 Å². The van der Waals surface area contributed by atoms with Gasteiger partial charge >= 0.3 is 0 Å². The van der Waals surface area contributed by atoms with Gasteiger partial charge in [-0.05, 0) is 42.5 Å². The molecule has 0 aromatic carbocycles. The van der Waals surface area contributed by atoms with Gasteiger partial charge < -0.3 is 0 Å². The summed E-state index contributed by atoms with van der Waals surface area (Å²) in [5, 5.41) is -0.671. The van der Waals surface area contributed by atoms with Gasteiger partial charge in [-0.2, -0.15) is 0 Å². The third kappa shape index (κ3) is 2.46. The minimum Gasteiger partial charge on any atom is -0.281 e. The van der Waals surface area contributed by atoms with Gasteiger partial charge in [-0.15, -0.1) is 0 Å². The molecule has 2 atom stereocenters. The van der Waals surface area contributed by atoms with Crippen LogP contribution in [0.4, 0.5) is 0 Å². The van der Waals surface area contributed by atoms with Crippen molar-refractivity contribution in [3.63, 3.8) is 0 Å². The molecule has 0 radical (unpaired) electrons. The Morgan fingerprint density at radius 1 is 1.00 bits per heavy atom. The molecular weight excluding hydrogens is 199 g/mol. The Kier molecular flexibility index (Phi) is 3.53. The Balaban J connectivity index is 2.51. The van der Waals surface area contributed by atoms with Crippen LogP contribution in [-0.4, -0.2) is 10.5 Å². The van der Waals surface area contributed by atoms with Gasteiger partial charge in [0.15, 0.2) is 0 Å². The van der Waals surface area contributed by atoms with E-state index in [4.69, 9.17) is 23.2 Å². The lowest BCUT2D eigenvalue weighted by Gasteiger charge is -2.23. The van der Waals surface area contributed by atoms with Crippen LogP contribution < -0.4 is 0 Å². The monoisotopic (exact) mass is 208 g/mol. The summed E-state index contributed by atoms with van der Waals surface area (Å²) in [7, 11) is 0. The van der Waals surface area contributed by atoms with E-state index in [1.54, 1.807) is 0 Å². The summed E-state index contributed by atoms with van der Waals surface area (Å²) in [6.07, 6.45) is 2.99. The van der Waals surface area contributed by atoms with E-state index >= 15 is 0 Å². The van der Waals surface area contributed by atoms with Crippen LogP contribution in [0.1, 0.15) is 25.7 Å². The fraction of sp³-hybridized carbons (Fsp3) is 0.750. The molecule has 0 amide bonds. The van der Waals surface area contributed by atoms with E-state index in [9.17, 15) is 9.59 Å². The molecule has 0 aromatic rings. The molecule has 0 N–H and O–H groups in total. The molecule has 1 rings (SSSR count). The van der Waals surface area contributed by atoms with Gasteiger partial charge in [-0.1, -0.05) is 6.42 Å². The number of carbonyl (C=O) groups is 2. The van der Waals surface area contributed by atoms with Crippen LogP contribution in [0, 0.1) is 11.8 Å². The van der Waals surface area contributed by atoms with Gasteiger partial charge in [0.1, 0.15) is 0 Å². The molecule has 4 heteroatoms. The Labute approximate surface area is 81.2 Å². The molecule has 0 aliphatic heterocycles. The SMILES string of the molecule is O=C(Cl)[C@H]1CCC[C@H](C(=O)Cl)C1. The molecule has 0 saturated heterocycles. The van der Waals surface area contributed by atoms with E-state index in [1.807, 2.05) is 0 Å². The van der Waals surface area contributed by atoms with Crippen molar-refractivity contribution in [2.45, 2.75) is 25.7 Å². The van der Waals surface area contributed by atoms with Gasteiger partial charge in [-0.25, -0.2) is 0 Å². The van der Waals surface area contributed by atoms with E-state index in [-0.39, 0.29) is 22.3 Å². The lowest BCUT2D eigenvalue weighted by Crippen LogP contribution is -2.23. The topological polar surface area (TPSA) is 34.1 Å². The van der Waals surface area contributed by atoms with Crippen molar-refractivity contribution in [1.82, 2.24) is 0 Å². The molecule has 0 unspecified atom stereocenters. The summed E-state index contributed by atoms with van der Waals surface area (Å²) in [5.74, 6) is -0.318. The molecule has 1 aliphatic carbocycles. The summed E-state index contributed by atoms with van der Waals surface area (Å²) in [5.41, 5.74) is 0. The maximum atomic E-state index is 10.8. The zero-order valence-corrected chi connectivity index (χ0v) is 8.07. The molecule has 1 saturated carbocycles. The molecule has 0 spiro atoms. The fourth-order valence-electron chi connectivity index (χ4n) is 1.60. The molecule has 0 aromatic heterocycles. The maximum Gasteiger partial charge on any atom is 0.224 e. The number of hydrogen-bond acceptors (Lipinski definition) is 2. The standard InChI is InChI=1S/C8H10Cl2O2/c9-7(11)5-2-1-3-6(4-5)8(10)12/h5-6H,1-4H2/t5-,6-/m0/s1. The molecule has 68 valence electrons. The highest BCUT2D eigenvalue weighted by Crippen LogP contribution is 2.31. The van der Waals surface area contributed by atoms with Crippen LogP contribution in [0.3, 0.4) is 0 Å². The second-order valence-electron chi connectivity index (χ2n) is 3.17. The first-order valence-electron chi connectivity index (χ1n) is 4.00. The first-order valence-corrected chi connectivity index (χ1v) is 4.75. The third-order valence-electron chi connectivity index (χ3n) is 2.32. The van der Waals surface area contributed by atoms with Crippen molar-refractivity contribution < 1.29 is 9.59 Å². The van der Waals surface area contributed by atoms with Gasteiger partial charge in [-0.3, -0.25) is 9.59 Å². The first kappa shape index (κ1) is 10.0. The van der Waals surface area contributed by atoms with Gasteiger partial charge in [0.25, 0.3) is 0 Å². The predicted molar refractivity (Wildman–Crippen MR) is 47.2 cm³/mol. The zero-order valence-electron chi connectivity index (χ0n) is 6.56. The third-order valence-corrected chi connectivity index (χ3v) is 2.93. The Morgan fingerprint density at radius 2 is 1.42 bits per heavy atom. The maximum absolute atomic E-state index is 10.8. The van der Waals surface area contributed by atoms with E-state index < -0.39 is 0 Å².